The first-order chi connectivity index (χ1) is 9.90. The molecular weight excluding hydrogens is 266 g/mol. The summed E-state index contributed by atoms with van der Waals surface area (Å²) in [4.78, 5) is 25.8. The van der Waals surface area contributed by atoms with Crippen molar-refractivity contribution in [2.75, 3.05) is 40.8 Å². The smallest absolute Gasteiger partial charge is 0.277 e. The van der Waals surface area contributed by atoms with Gasteiger partial charge in [-0.25, -0.2) is 0 Å². The molecule has 0 aliphatic carbocycles. The molecule has 2 amide bonds. The van der Waals surface area contributed by atoms with Crippen molar-refractivity contribution in [2.45, 2.75) is 13.3 Å². The van der Waals surface area contributed by atoms with Crippen molar-refractivity contribution in [3.05, 3.63) is 35.4 Å². The SMILES string of the molecule is Cc1ccccc1CCNC(=O)C[NH+](C)CC(=O)N(C)C. The van der Waals surface area contributed by atoms with Crippen LogP contribution in [0.15, 0.2) is 24.3 Å². The Morgan fingerprint density at radius 3 is 2.48 bits per heavy atom. The van der Waals surface area contributed by atoms with Gasteiger partial charge in [0, 0.05) is 20.6 Å². The molecule has 21 heavy (non-hydrogen) atoms. The van der Waals surface area contributed by atoms with Gasteiger partial charge in [0.2, 0.25) is 0 Å². The molecule has 1 aromatic carbocycles. The van der Waals surface area contributed by atoms with E-state index in [0.29, 0.717) is 19.6 Å². The summed E-state index contributed by atoms with van der Waals surface area (Å²) in [6.45, 7) is 3.34. The number of likely N-dealkylation sites (N-methyl/N-ethyl adjacent to an activating group) is 2. The molecule has 1 unspecified atom stereocenters. The summed E-state index contributed by atoms with van der Waals surface area (Å²) in [5.74, 6) is 0.00727. The van der Waals surface area contributed by atoms with Crippen LogP contribution in [-0.2, 0) is 16.0 Å². The summed E-state index contributed by atoms with van der Waals surface area (Å²) in [6.07, 6.45) is 0.827. The number of hydrogen-bond acceptors (Lipinski definition) is 2. The number of nitrogens with zero attached hydrogens (tertiary/aromatic N) is 1. The standard InChI is InChI=1S/C16H25N3O2/c1-13-7-5-6-8-14(13)9-10-17-15(20)11-19(4)12-16(21)18(2)3/h5-8H,9-12H2,1-4H3,(H,17,20)/p+1. The zero-order chi connectivity index (χ0) is 15.8. The summed E-state index contributed by atoms with van der Waals surface area (Å²) in [5.41, 5.74) is 2.49. The number of rotatable bonds is 7. The van der Waals surface area contributed by atoms with Crippen LogP contribution in [0.2, 0.25) is 0 Å². The Balaban J connectivity index is 2.28. The fourth-order valence-corrected chi connectivity index (χ4v) is 2.04. The van der Waals surface area contributed by atoms with E-state index in [1.807, 2.05) is 19.2 Å². The highest BCUT2D eigenvalue weighted by Crippen LogP contribution is 2.06. The lowest BCUT2D eigenvalue weighted by molar-refractivity contribution is -0.862. The van der Waals surface area contributed by atoms with Gasteiger partial charge in [-0.1, -0.05) is 24.3 Å². The number of carbonyl (C=O) groups is 2. The minimum Gasteiger partial charge on any atom is -0.351 e. The highest BCUT2D eigenvalue weighted by atomic mass is 16.2. The Hall–Kier alpha value is -1.88. The summed E-state index contributed by atoms with van der Waals surface area (Å²) >= 11 is 0. The Morgan fingerprint density at radius 2 is 1.86 bits per heavy atom. The molecule has 0 saturated heterocycles. The van der Waals surface area contributed by atoms with Crippen LogP contribution in [0.4, 0.5) is 0 Å². The second kappa shape index (κ2) is 8.42. The van der Waals surface area contributed by atoms with Crippen molar-refractivity contribution >= 4 is 11.8 Å². The van der Waals surface area contributed by atoms with Crippen LogP contribution in [0.5, 0.6) is 0 Å². The number of carbonyl (C=O) groups excluding carboxylic acids is 2. The number of aryl methyl sites for hydroxylation is 1. The number of quaternary nitrogens is 1. The lowest BCUT2D eigenvalue weighted by Gasteiger charge is -2.16. The highest BCUT2D eigenvalue weighted by molar-refractivity contribution is 5.78. The first-order valence-corrected chi connectivity index (χ1v) is 7.22. The number of hydrogen-bond donors (Lipinski definition) is 2. The molecule has 5 nitrogen and oxygen atoms in total. The van der Waals surface area contributed by atoms with E-state index in [1.165, 1.54) is 11.1 Å². The zero-order valence-corrected chi connectivity index (χ0v) is 13.4. The van der Waals surface area contributed by atoms with Crippen LogP contribution in [0, 0.1) is 6.92 Å². The van der Waals surface area contributed by atoms with Crippen molar-refractivity contribution in [2.24, 2.45) is 0 Å². The third-order valence-corrected chi connectivity index (χ3v) is 3.39. The van der Waals surface area contributed by atoms with Crippen molar-refractivity contribution in [1.82, 2.24) is 10.2 Å². The molecule has 0 spiro atoms. The minimum absolute atomic E-state index is 0.0207. The largest absolute Gasteiger partial charge is 0.351 e. The number of amides is 2. The topological polar surface area (TPSA) is 53.9 Å². The maximum absolute atomic E-state index is 11.8. The molecule has 1 atom stereocenters. The molecule has 0 aromatic heterocycles. The van der Waals surface area contributed by atoms with Crippen molar-refractivity contribution < 1.29 is 14.5 Å². The van der Waals surface area contributed by atoms with E-state index in [9.17, 15) is 9.59 Å². The van der Waals surface area contributed by atoms with Crippen molar-refractivity contribution in [1.29, 1.82) is 0 Å². The fourth-order valence-electron chi connectivity index (χ4n) is 2.04. The summed E-state index contributed by atoms with van der Waals surface area (Å²) < 4.78 is 0. The quantitative estimate of drug-likeness (QED) is 0.695. The molecule has 116 valence electrons. The van der Waals surface area contributed by atoms with Gasteiger partial charge in [-0.2, -0.15) is 0 Å². The van der Waals surface area contributed by atoms with Gasteiger partial charge >= 0.3 is 0 Å². The molecule has 0 radical (unpaired) electrons. The van der Waals surface area contributed by atoms with Crippen LogP contribution in [0.1, 0.15) is 11.1 Å². The van der Waals surface area contributed by atoms with E-state index in [2.05, 4.69) is 24.4 Å². The molecule has 2 N–H and O–H groups in total. The maximum atomic E-state index is 11.8. The van der Waals surface area contributed by atoms with Gasteiger partial charge in [0.05, 0.1) is 7.05 Å². The molecular formula is C16H26N3O2+. The molecule has 0 aliphatic rings. The normalized spacial score (nSPS) is 11.8. The van der Waals surface area contributed by atoms with E-state index < -0.39 is 0 Å². The minimum atomic E-state index is -0.0207. The fraction of sp³-hybridized carbons (Fsp3) is 0.500. The molecule has 5 heteroatoms. The first-order valence-electron chi connectivity index (χ1n) is 7.22. The van der Waals surface area contributed by atoms with Gasteiger partial charge in [0.15, 0.2) is 13.1 Å². The van der Waals surface area contributed by atoms with Gasteiger partial charge in [-0.05, 0) is 24.5 Å². The molecule has 1 rings (SSSR count). The second-order valence-electron chi connectivity index (χ2n) is 5.63. The van der Waals surface area contributed by atoms with E-state index in [-0.39, 0.29) is 11.8 Å². The van der Waals surface area contributed by atoms with Gasteiger partial charge in [-0.15, -0.1) is 0 Å². The summed E-state index contributed by atoms with van der Waals surface area (Å²) in [5, 5.41) is 2.91. The predicted molar refractivity (Wildman–Crippen MR) is 83.2 cm³/mol. The van der Waals surface area contributed by atoms with Gasteiger partial charge in [0.25, 0.3) is 11.8 Å². The van der Waals surface area contributed by atoms with Crippen LogP contribution in [-0.4, -0.2) is 57.5 Å². The third-order valence-electron chi connectivity index (χ3n) is 3.39. The van der Waals surface area contributed by atoms with Gasteiger partial charge in [0.1, 0.15) is 0 Å². The average molecular weight is 292 g/mol. The lowest BCUT2D eigenvalue weighted by atomic mass is 10.1. The molecule has 0 bridgehead atoms. The maximum Gasteiger partial charge on any atom is 0.277 e. The van der Waals surface area contributed by atoms with Crippen molar-refractivity contribution in [3.8, 4) is 0 Å². The van der Waals surface area contributed by atoms with Crippen LogP contribution in [0.25, 0.3) is 0 Å². The lowest BCUT2D eigenvalue weighted by Crippen LogP contribution is -3.11. The van der Waals surface area contributed by atoms with E-state index in [4.69, 9.17) is 0 Å². The van der Waals surface area contributed by atoms with Crippen molar-refractivity contribution in [3.63, 3.8) is 0 Å². The van der Waals surface area contributed by atoms with Gasteiger partial charge < -0.3 is 15.1 Å². The first kappa shape index (κ1) is 17.2. The third kappa shape index (κ3) is 6.40. The molecule has 1 aromatic rings. The van der Waals surface area contributed by atoms with E-state index in [0.717, 1.165) is 11.3 Å². The summed E-state index contributed by atoms with van der Waals surface area (Å²) in [6, 6.07) is 8.17. The molecule has 0 fully saturated rings. The zero-order valence-electron chi connectivity index (χ0n) is 13.4. The Morgan fingerprint density at radius 1 is 1.19 bits per heavy atom. The van der Waals surface area contributed by atoms with Crippen LogP contribution < -0.4 is 10.2 Å². The number of nitrogens with one attached hydrogen (secondary N) is 2. The Labute approximate surface area is 126 Å². The van der Waals surface area contributed by atoms with Crippen LogP contribution >= 0.6 is 0 Å². The Bertz CT molecular complexity index is 486. The average Bonchev–Trinajstić information content (AvgIpc) is 2.40. The number of benzene rings is 1. The molecule has 0 heterocycles. The second-order valence-corrected chi connectivity index (χ2v) is 5.63. The van der Waals surface area contributed by atoms with E-state index in [1.54, 1.807) is 19.0 Å². The van der Waals surface area contributed by atoms with Gasteiger partial charge in [-0.3, -0.25) is 9.59 Å². The monoisotopic (exact) mass is 292 g/mol. The predicted octanol–water partition coefficient (Wildman–Crippen LogP) is -0.743. The summed E-state index contributed by atoms with van der Waals surface area (Å²) in [7, 11) is 5.29. The van der Waals surface area contributed by atoms with E-state index >= 15 is 0 Å². The Kier molecular flexibility index (Phi) is 6.88. The van der Waals surface area contributed by atoms with Crippen LogP contribution in [0.3, 0.4) is 0 Å². The molecule has 0 aliphatic heterocycles. The highest BCUT2D eigenvalue weighted by Gasteiger charge is 2.14. The molecule has 0 saturated carbocycles.